The zero-order valence-corrected chi connectivity index (χ0v) is 11.8. The maximum Gasteiger partial charge on any atom is 0.0239 e. The topological polar surface area (TPSA) is 15.3 Å². The van der Waals surface area contributed by atoms with Crippen LogP contribution < -0.4 is 5.32 Å². The molecule has 0 aromatic carbocycles. The third kappa shape index (κ3) is 2.02. The van der Waals surface area contributed by atoms with Crippen LogP contribution in [0.2, 0.25) is 0 Å². The van der Waals surface area contributed by atoms with Crippen molar-refractivity contribution < 1.29 is 0 Å². The first-order valence-corrected chi connectivity index (χ1v) is 6.71. The van der Waals surface area contributed by atoms with Crippen LogP contribution in [-0.2, 0) is 0 Å². The summed E-state index contributed by atoms with van der Waals surface area (Å²) in [7, 11) is 0. The normalized spacial score (nSPS) is 36.8. The largest absolute Gasteiger partial charge is 0.312 e. The number of nitrogens with zero attached hydrogens (tertiary/aromatic N) is 1. The molecule has 0 saturated carbocycles. The van der Waals surface area contributed by atoms with E-state index >= 15 is 0 Å². The number of hydrogen-bond acceptors (Lipinski definition) is 2. The average Bonchev–Trinajstić information content (AvgIpc) is 2.53. The smallest absolute Gasteiger partial charge is 0.0239 e. The van der Waals surface area contributed by atoms with Crippen LogP contribution in [0.1, 0.15) is 48.0 Å². The molecule has 94 valence electrons. The van der Waals surface area contributed by atoms with Gasteiger partial charge in [0.2, 0.25) is 0 Å². The summed E-state index contributed by atoms with van der Waals surface area (Å²) in [5.74, 6) is 0.860. The van der Waals surface area contributed by atoms with Crippen molar-refractivity contribution in [3.8, 4) is 0 Å². The van der Waals surface area contributed by atoms with Crippen LogP contribution in [0, 0.1) is 11.3 Å². The molecule has 2 rings (SSSR count). The molecule has 16 heavy (non-hydrogen) atoms. The van der Waals surface area contributed by atoms with E-state index in [0.717, 1.165) is 18.0 Å². The molecule has 2 aliphatic heterocycles. The van der Waals surface area contributed by atoms with Gasteiger partial charge in [0.1, 0.15) is 0 Å². The highest BCUT2D eigenvalue weighted by Crippen LogP contribution is 2.43. The van der Waals surface area contributed by atoms with Gasteiger partial charge in [-0.05, 0) is 45.1 Å². The van der Waals surface area contributed by atoms with E-state index in [-0.39, 0.29) is 0 Å². The highest BCUT2D eigenvalue weighted by atomic mass is 15.3. The van der Waals surface area contributed by atoms with E-state index in [0.29, 0.717) is 11.0 Å². The van der Waals surface area contributed by atoms with Gasteiger partial charge >= 0.3 is 0 Å². The lowest BCUT2D eigenvalue weighted by Crippen LogP contribution is -2.51. The van der Waals surface area contributed by atoms with E-state index in [1.165, 1.54) is 19.5 Å². The van der Waals surface area contributed by atoms with Gasteiger partial charge in [-0.15, -0.1) is 0 Å². The standard InChI is InChI=1S/C14H28N2/c1-13(2,3)12-10-7-8-15-11(10)9-16(12)14(4,5)6/h10-12,15H,7-9H2,1-6H3. The Morgan fingerprint density at radius 1 is 1.06 bits per heavy atom. The monoisotopic (exact) mass is 224 g/mol. The van der Waals surface area contributed by atoms with Gasteiger partial charge in [-0.25, -0.2) is 0 Å². The molecule has 0 bridgehead atoms. The highest BCUT2D eigenvalue weighted by Gasteiger charge is 2.51. The molecule has 0 radical (unpaired) electrons. The Hall–Kier alpha value is -0.0800. The van der Waals surface area contributed by atoms with E-state index in [9.17, 15) is 0 Å². The van der Waals surface area contributed by atoms with Crippen molar-refractivity contribution in [2.45, 2.75) is 65.6 Å². The van der Waals surface area contributed by atoms with Gasteiger partial charge < -0.3 is 5.32 Å². The van der Waals surface area contributed by atoms with Crippen molar-refractivity contribution in [2.24, 2.45) is 11.3 Å². The summed E-state index contributed by atoms with van der Waals surface area (Å²) < 4.78 is 0. The average molecular weight is 224 g/mol. The first-order valence-electron chi connectivity index (χ1n) is 6.71. The van der Waals surface area contributed by atoms with Crippen LogP contribution in [0.25, 0.3) is 0 Å². The molecule has 0 amide bonds. The fourth-order valence-corrected chi connectivity index (χ4v) is 3.72. The first kappa shape index (κ1) is 12.4. The second-order valence-electron chi connectivity index (χ2n) is 7.65. The fourth-order valence-electron chi connectivity index (χ4n) is 3.72. The second-order valence-corrected chi connectivity index (χ2v) is 7.65. The summed E-state index contributed by atoms with van der Waals surface area (Å²) in [6, 6.07) is 1.47. The zero-order valence-electron chi connectivity index (χ0n) is 11.8. The quantitative estimate of drug-likeness (QED) is 0.680. The Morgan fingerprint density at radius 3 is 2.19 bits per heavy atom. The molecule has 1 N–H and O–H groups in total. The maximum absolute atomic E-state index is 3.68. The summed E-state index contributed by atoms with van der Waals surface area (Å²) in [6.07, 6.45) is 1.36. The predicted molar refractivity (Wildman–Crippen MR) is 69.6 cm³/mol. The molecule has 0 aromatic rings. The Kier molecular flexibility index (Phi) is 2.87. The van der Waals surface area contributed by atoms with Crippen LogP contribution >= 0.6 is 0 Å². The molecule has 2 heterocycles. The van der Waals surface area contributed by atoms with Crippen molar-refractivity contribution in [1.29, 1.82) is 0 Å². The minimum atomic E-state index is 0.296. The molecular weight excluding hydrogens is 196 g/mol. The predicted octanol–water partition coefficient (Wildman–Crippen LogP) is 2.49. The van der Waals surface area contributed by atoms with Crippen LogP contribution in [0.3, 0.4) is 0 Å². The maximum atomic E-state index is 3.68. The third-order valence-electron chi connectivity index (χ3n) is 4.28. The van der Waals surface area contributed by atoms with Crippen molar-refractivity contribution in [1.82, 2.24) is 10.2 Å². The van der Waals surface area contributed by atoms with Crippen LogP contribution in [0.5, 0.6) is 0 Å². The molecular formula is C14H28N2. The van der Waals surface area contributed by atoms with Gasteiger partial charge in [0.25, 0.3) is 0 Å². The Balaban J connectivity index is 2.27. The summed E-state index contributed by atoms with van der Waals surface area (Å²) in [4.78, 5) is 2.73. The second kappa shape index (κ2) is 3.71. The van der Waals surface area contributed by atoms with Crippen LogP contribution in [-0.4, -0.2) is 35.6 Å². The molecule has 2 heteroatoms. The van der Waals surface area contributed by atoms with Gasteiger partial charge in [-0.2, -0.15) is 0 Å². The number of fused-ring (bicyclic) bond motifs is 1. The highest BCUT2D eigenvalue weighted by molar-refractivity contribution is 5.07. The molecule has 2 fully saturated rings. The lowest BCUT2D eigenvalue weighted by Gasteiger charge is -2.45. The Labute approximate surface area is 101 Å². The van der Waals surface area contributed by atoms with E-state index in [4.69, 9.17) is 0 Å². The minimum absolute atomic E-state index is 0.296. The molecule has 0 spiro atoms. The Morgan fingerprint density at radius 2 is 1.69 bits per heavy atom. The minimum Gasteiger partial charge on any atom is -0.312 e. The number of rotatable bonds is 0. The van der Waals surface area contributed by atoms with Gasteiger partial charge in [0.15, 0.2) is 0 Å². The summed E-state index contributed by atoms with van der Waals surface area (Å²) >= 11 is 0. The van der Waals surface area contributed by atoms with Gasteiger partial charge in [-0.3, -0.25) is 4.90 Å². The SMILES string of the molecule is CC(C)(C)C1C2CCNC2CN1C(C)(C)C. The third-order valence-corrected chi connectivity index (χ3v) is 4.28. The van der Waals surface area contributed by atoms with Crippen LogP contribution in [0.15, 0.2) is 0 Å². The van der Waals surface area contributed by atoms with Gasteiger partial charge in [-0.1, -0.05) is 20.8 Å². The van der Waals surface area contributed by atoms with E-state index in [1.54, 1.807) is 0 Å². The van der Waals surface area contributed by atoms with E-state index in [2.05, 4.69) is 51.8 Å². The van der Waals surface area contributed by atoms with E-state index in [1.807, 2.05) is 0 Å². The van der Waals surface area contributed by atoms with Crippen molar-refractivity contribution in [3.63, 3.8) is 0 Å². The molecule has 3 unspecified atom stereocenters. The molecule has 3 atom stereocenters. The number of likely N-dealkylation sites (tertiary alicyclic amines) is 1. The first-order chi connectivity index (χ1) is 7.21. The van der Waals surface area contributed by atoms with Crippen molar-refractivity contribution in [3.05, 3.63) is 0 Å². The van der Waals surface area contributed by atoms with Crippen LogP contribution in [0.4, 0.5) is 0 Å². The van der Waals surface area contributed by atoms with Gasteiger partial charge in [0.05, 0.1) is 0 Å². The fraction of sp³-hybridized carbons (Fsp3) is 1.00. The zero-order chi connectivity index (χ0) is 12.1. The summed E-state index contributed by atoms with van der Waals surface area (Å²) in [6.45, 7) is 16.7. The number of hydrogen-bond donors (Lipinski definition) is 1. The molecule has 0 aliphatic carbocycles. The summed E-state index contributed by atoms with van der Waals surface area (Å²) in [5, 5.41) is 3.68. The lowest BCUT2D eigenvalue weighted by atomic mass is 9.77. The number of nitrogens with one attached hydrogen (secondary N) is 1. The molecule has 2 saturated heterocycles. The van der Waals surface area contributed by atoms with Gasteiger partial charge in [0, 0.05) is 24.2 Å². The van der Waals surface area contributed by atoms with Crippen molar-refractivity contribution >= 4 is 0 Å². The molecule has 2 nitrogen and oxygen atoms in total. The summed E-state index contributed by atoms with van der Waals surface area (Å²) in [5.41, 5.74) is 0.683. The van der Waals surface area contributed by atoms with Crippen molar-refractivity contribution in [2.75, 3.05) is 13.1 Å². The van der Waals surface area contributed by atoms with E-state index < -0.39 is 0 Å². The molecule has 0 aromatic heterocycles. The Bertz CT molecular complexity index is 259. The molecule has 2 aliphatic rings. The lowest BCUT2D eigenvalue weighted by molar-refractivity contribution is 0.0381.